The lowest BCUT2D eigenvalue weighted by atomic mass is 9.96. The number of rotatable bonds is 3. The highest BCUT2D eigenvalue weighted by Gasteiger charge is 2.28. The van der Waals surface area contributed by atoms with Crippen molar-refractivity contribution in [3.8, 4) is 0 Å². The summed E-state index contributed by atoms with van der Waals surface area (Å²) in [5.41, 5.74) is 2.31. The molecule has 1 aliphatic carbocycles. The molecule has 0 spiro atoms. The molecule has 2 nitrogen and oxygen atoms in total. The van der Waals surface area contributed by atoms with Crippen LogP contribution in [0.5, 0.6) is 0 Å². The molecule has 16 heavy (non-hydrogen) atoms. The maximum atomic E-state index is 5.43. The third-order valence-electron chi connectivity index (χ3n) is 2.87. The van der Waals surface area contributed by atoms with Crippen LogP contribution >= 0.6 is 0 Å². The summed E-state index contributed by atoms with van der Waals surface area (Å²) < 4.78 is 10.9. The molecule has 2 rings (SSSR count). The highest BCUT2D eigenvalue weighted by Crippen LogP contribution is 2.30. The van der Waals surface area contributed by atoms with Gasteiger partial charge in [-0.25, -0.2) is 0 Å². The monoisotopic (exact) mass is 216 g/mol. The molecule has 1 aromatic rings. The van der Waals surface area contributed by atoms with Crippen LogP contribution in [0.25, 0.3) is 5.57 Å². The second-order valence-corrected chi connectivity index (χ2v) is 3.79. The van der Waals surface area contributed by atoms with Gasteiger partial charge in [0.05, 0.1) is 0 Å². The number of benzene rings is 1. The van der Waals surface area contributed by atoms with E-state index < -0.39 is 5.79 Å². The summed E-state index contributed by atoms with van der Waals surface area (Å²) in [7, 11) is 3.34. The highest BCUT2D eigenvalue weighted by atomic mass is 16.7. The standard InChI is InChI=1S/C14H16O2/c1-15-14(16-2)10-6-9-13(11-14)12-7-4-3-5-8-12/h3-9,11H,10H2,1-2H3. The molecule has 0 radical (unpaired) electrons. The van der Waals surface area contributed by atoms with E-state index in [0.717, 1.165) is 12.0 Å². The summed E-state index contributed by atoms with van der Waals surface area (Å²) in [5, 5.41) is 0. The quantitative estimate of drug-likeness (QED) is 0.723. The highest BCUT2D eigenvalue weighted by molar-refractivity contribution is 5.75. The van der Waals surface area contributed by atoms with E-state index in [1.165, 1.54) is 5.56 Å². The maximum absolute atomic E-state index is 5.43. The van der Waals surface area contributed by atoms with E-state index in [0.29, 0.717) is 0 Å². The molecule has 0 aliphatic heterocycles. The van der Waals surface area contributed by atoms with Crippen molar-refractivity contribution in [2.24, 2.45) is 0 Å². The molecule has 0 atom stereocenters. The van der Waals surface area contributed by atoms with Crippen molar-refractivity contribution in [3.63, 3.8) is 0 Å². The molecule has 0 saturated heterocycles. The van der Waals surface area contributed by atoms with Crippen molar-refractivity contribution in [1.82, 2.24) is 0 Å². The van der Waals surface area contributed by atoms with Crippen LogP contribution in [-0.2, 0) is 9.47 Å². The first kappa shape index (κ1) is 11.1. The zero-order valence-corrected chi connectivity index (χ0v) is 9.64. The van der Waals surface area contributed by atoms with Crippen LogP contribution in [0.4, 0.5) is 0 Å². The Morgan fingerprint density at radius 1 is 1.06 bits per heavy atom. The molecule has 0 bridgehead atoms. The van der Waals surface area contributed by atoms with E-state index in [2.05, 4.69) is 24.3 Å². The van der Waals surface area contributed by atoms with E-state index in [-0.39, 0.29) is 0 Å². The van der Waals surface area contributed by atoms with Gasteiger partial charge in [-0.3, -0.25) is 0 Å². The van der Waals surface area contributed by atoms with Crippen LogP contribution in [0.1, 0.15) is 12.0 Å². The number of methoxy groups -OCH3 is 2. The van der Waals surface area contributed by atoms with Crippen molar-refractivity contribution in [2.45, 2.75) is 12.2 Å². The fraction of sp³-hybridized carbons (Fsp3) is 0.286. The second-order valence-electron chi connectivity index (χ2n) is 3.79. The third-order valence-corrected chi connectivity index (χ3v) is 2.87. The van der Waals surface area contributed by atoms with Crippen molar-refractivity contribution < 1.29 is 9.47 Å². The van der Waals surface area contributed by atoms with Crippen molar-refractivity contribution >= 4 is 5.57 Å². The topological polar surface area (TPSA) is 18.5 Å². The summed E-state index contributed by atoms with van der Waals surface area (Å²) in [5.74, 6) is -0.611. The number of allylic oxidation sites excluding steroid dienone is 2. The van der Waals surface area contributed by atoms with Crippen molar-refractivity contribution in [1.29, 1.82) is 0 Å². The molecule has 2 heteroatoms. The largest absolute Gasteiger partial charge is 0.349 e. The molecule has 0 fully saturated rings. The Morgan fingerprint density at radius 3 is 2.38 bits per heavy atom. The van der Waals surface area contributed by atoms with E-state index in [1.807, 2.05) is 24.3 Å². The van der Waals surface area contributed by atoms with Gasteiger partial charge in [-0.1, -0.05) is 42.5 Å². The van der Waals surface area contributed by atoms with Crippen molar-refractivity contribution in [3.05, 3.63) is 54.1 Å². The zero-order valence-electron chi connectivity index (χ0n) is 9.64. The Morgan fingerprint density at radius 2 is 1.75 bits per heavy atom. The second kappa shape index (κ2) is 4.64. The summed E-state index contributed by atoms with van der Waals surface area (Å²) in [6.07, 6.45) is 6.96. The molecular formula is C14H16O2. The first-order chi connectivity index (χ1) is 7.79. The number of ether oxygens (including phenoxy) is 2. The van der Waals surface area contributed by atoms with Gasteiger partial charge in [-0.05, 0) is 17.2 Å². The van der Waals surface area contributed by atoms with Gasteiger partial charge in [0.15, 0.2) is 5.79 Å². The van der Waals surface area contributed by atoms with Crippen LogP contribution in [0.15, 0.2) is 48.6 Å². The van der Waals surface area contributed by atoms with Gasteiger partial charge in [0, 0.05) is 20.6 Å². The molecule has 0 saturated carbocycles. The molecular weight excluding hydrogens is 200 g/mol. The summed E-state index contributed by atoms with van der Waals surface area (Å²) in [6, 6.07) is 10.2. The van der Waals surface area contributed by atoms with Crippen LogP contribution < -0.4 is 0 Å². The molecule has 0 unspecified atom stereocenters. The van der Waals surface area contributed by atoms with E-state index in [1.54, 1.807) is 14.2 Å². The maximum Gasteiger partial charge on any atom is 0.191 e. The Labute approximate surface area is 96.2 Å². The average Bonchev–Trinajstić information content (AvgIpc) is 2.40. The van der Waals surface area contributed by atoms with Gasteiger partial charge in [0.1, 0.15) is 0 Å². The lowest BCUT2D eigenvalue weighted by Gasteiger charge is -2.29. The Balaban J connectivity index is 2.35. The number of hydrogen-bond acceptors (Lipinski definition) is 2. The minimum absolute atomic E-state index is 0.611. The molecule has 0 N–H and O–H groups in total. The van der Waals surface area contributed by atoms with Gasteiger partial charge in [-0.2, -0.15) is 0 Å². The molecule has 0 heterocycles. The molecule has 84 valence electrons. The Kier molecular flexibility index (Phi) is 3.22. The lowest BCUT2D eigenvalue weighted by molar-refractivity contribution is -0.167. The summed E-state index contributed by atoms with van der Waals surface area (Å²) in [6.45, 7) is 0. The van der Waals surface area contributed by atoms with Gasteiger partial charge in [-0.15, -0.1) is 0 Å². The fourth-order valence-corrected chi connectivity index (χ4v) is 1.87. The Hall–Kier alpha value is -1.38. The zero-order chi connectivity index (χ0) is 11.4. The summed E-state index contributed by atoms with van der Waals surface area (Å²) in [4.78, 5) is 0. The molecule has 1 aromatic carbocycles. The normalized spacial score (nSPS) is 18.2. The van der Waals surface area contributed by atoms with E-state index >= 15 is 0 Å². The Bertz CT molecular complexity index is 400. The van der Waals surface area contributed by atoms with Crippen LogP contribution in [0.3, 0.4) is 0 Å². The van der Waals surface area contributed by atoms with E-state index in [9.17, 15) is 0 Å². The molecule has 0 aromatic heterocycles. The SMILES string of the molecule is COC1(OC)C=C(c2ccccc2)C=CC1. The van der Waals surface area contributed by atoms with Crippen LogP contribution in [0.2, 0.25) is 0 Å². The molecule has 1 aliphatic rings. The van der Waals surface area contributed by atoms with Gasteiger partial charge in [0.2, 0.25) is 0 Å². The van der Waals surface area contributed by atoms with Crippen LogP contribution in [0, 0.1) is 0 Å². The summed E-state index contributed by atoms with van der Waals surface area (Å²) >= 11 is 0. The first-order valence-corrected chi connectivity index (χ1v) is 5.35. The van der Waals surface area contributed by atoms with E-state index in [4.69, 9.17) is 9.47 Å². The van der Waals surface area contributed by atoms with Crippen molar-refractivity contribution in [2.75, 3.05) is 14.2 Å². The smallest absolute Gasteiger partial charge is 0.191 e. The predicted molar refractivity (Wildman–Crippen MR) is 64.9 cm³/mol. The van der Waals surface area contributed by atoms with Gasteiger partial charge < -0.3 is 9.47 Å². The predicted octanol–water partition coefficient (Wildman–Crippen LogP) is 3.02. The van der Waals surface area contributed by atoms with Gasteiger partial charge in [0.25, 0.3) is 0 Å². The molecule has 0 amide bonds. The lowest BCUT2D eigenvalue weighted by Crippen LogP contribution is -2.32. The minimum Gasteiger partial charge on any atom is -0.349 e. The first-order valence-electron chi connectivity index (χ1n) is 5.35. The van der Waals surface area contributed by atoms with Crippen LogP contribution in [-0.4, -0.2) is 20.0 Å². The fourth-order valence-electron chi connectivity index (χ4n) is 1.87. The van der Waals surface area contributed by atoms with Gasteiger partial charge >= 0.3 is 0 Å². The average molecular weight is 216 g/mol. The number of hydrogen-bond donors (Lipinski definition) is 0. The minimum atomic E-state index is -0.611. The third kappa shape index (κ3) is 2.08.